The Morgan fingerprint density at radius 1 is 1.00 bits per heavy atom. The van der Waals surface area contributed by atoms with Gasteiger partial charge in [0.05, 0.1) is 13.3 Å². The second-order valence-electron chi connectivity index (χ2n) is 5.88. The Balaban J connectivity index is 1.51. The summed E-state index contributed by atoms with van der Waals surface area (Å²) in [6.07, 6.45) is 1.57. The van der Waals surface area contributed by atoms with Gasteiger partial charge in [-0.3, -0.25) is 4.79 Å². The van der Waals surface area contributed by atoms with Gasteiger partial charge in [0.1, 0.15) is 18.1 Å². The monoisotopic (exact) mass is 394 g/mol. The first-order valence-electron chi connectivity index (χ1n) is 8.59. The van der Waals surface area contributed by atoms with Crippen molar-refractivity contribution in [2.45, 2.75) is 6.61 Å². The number of nitrogens with zero attached hydrogens (tertiary/aromatic N) is 1. The van der Waals surface area contributed by atoms with Gasteiger partial charge in [-0.05, 0) is 60.2 Å². The number of halogens is 1. The van der Waals surface area contributed by atoms with E-state index in [0.717, 1.165) is 16.9 Å². The van der Waals surface area contributed by atoms with Crippen LogP contribution in [0.5, 0.6) is 11.5 Å². The average molecular weight is 395 g/mol. The van der Waals surface area contributed by atoms with Crippen molar-refractivity contribution in [1.82, 2.24) is 5.43 Å². The summed E-state index contributed by atoms with van der Waals surface area (Å²) in [5.41, 5.74) is 4.76. The van der Waals surface area contributed by atoms with Crippen LogP contribution in [0.25, 0.3) is 0 Å². The SMILES string of the molecule is COc1ccc(C(=O)NN=Cc2ccc(OCc3ccccc3Cl)cc2)cc1. The number of benzene rings is 3. The topological polar surface area (TPSA) is 59.9 Å². The minimum Gasteiger partial charge on any atom is -0.497 e. The van der Waals surface area contributed by atoms with Crippen LogP contribution in [0.3, 0.4) is 0 Å². The van der Waals surface area contributed by atoms with E-state index >= 15 is 0 Å². The number of methoxy groups -OCH3 is 1. The van der Waals surface area contributed by atoms with Crippen LogP contribution < -0.4 is 14.9 Å². The molecule has 0 spiro atoms. The largest absolute Gasteiger partial charge is 0.497 e. The van der Waals surface area contributed by atoms with Gasteiger partial charge in [0, 0.05) is 16.1 Å². The van der Waals surface area contributed by atoms with Crippen LogP contribution in [0.4, 0.5) is 0 Å². The van der Waals surface area contributed by atoms with Crippen molar-refractivity contribution in [3.05, 3.63) is 94.5 Å². The molecule has 142 valence electrons. The number of rotatable bonds is 7. The maximum atomic E-state index is 12.0. The molecule has 0 fully saturated rings. The Bertz CT molecular complexity index is 954. The number of nitrogens with one attached hydrogen (secondary N) is 1. The summed E-state index contributed by atoms with van der Waals surface area (Å²) in [7, 11) is 1.58. The highest BCUT2D eigenvalue weighted by Crippen LogP contribution is 2.18. The molecule has 0 aliphatic carbocycles. The predicted molar refractivity (Wildman–Crippen MR) is 110 cm³/mol. The van der Waals surface area contributed by atoms with Crippen molar-refractivity contribution in [3.8, 4) is 11.5 Å². The number of carbonyl (C=O) groups is 1. The average Bonchev–Trinajstić information content (AvgIpc) is 2.74. The molecule has 0 saturated heterocycles. The Morgan fingerprint density at radius 2 is 1.68 bits per heavy atom. The molecule has 0 saturated carbocycles. The van der Waals surface area contributed by atoms with Crippen molar-refractivity contribution < 1.29 is 14.3 Å². The molecule has 5 nitrogen and oxygen atoms in total. The van der Waals surface area contributed by atoms with Crippen LogP contribution in [0.2, 0.25) is 5.02 Å². The number of hydrazone groups is 1. The molecular formula is C22H19ClN2O3. The van der Waals surface area contributed by atoms with Crippen molar-refractivity contribution in [2.24, 2.45) is 5.10 Å². The first-order chi connectivity index (χ1) is 13.7. The van der Waals surface area contributed by atoms with Gasteiger partial charge in [-0.2, -0.15) is 5.10 Å². The van der Waals surface area contributed by atoms with E-state index in [-0.39, 0.29) is 5.91 Å². The van der Waals surface area contributed by atoms with Gasteiger partial charge in [0.25, 0.3) is 5.91 Å². The zero-order valence-corrected chi connectivity index (χ0v) is 16.0. The molecule has 0 atom stereocenters. The van der Waals surface area contributed by atoms with E-state index in [1.54, 1.807) is 37.6 Å². The zero-order chi connectivity index (χ0) is 19.8. The maximum absolute atomic E-state index is 12.0. The van der Waals surface area contributed by atoms with E-state index in [1.807, 2.05) is 48.5 Å². The highest BCUT2D eigenvalue weighted by molar-refractivity contribution is 6.31. The van der Waals surface area contributed by atoms with Gasteiger partial charge in [-0.25, -0.2) is 5.43 Å². The second-order valence-corrected chi connectivity index (χ2v) is 6.28. The van der Waals surface area contributed by atoms with Gasteiger partial charge < -0.3 is 9.47 Å². The first kappa shape index (κ1) is 19.5. The molecule has 0 bridgehead atoms. The van der Waals surface area contributed by atoms with Gasteiger partial charge in [-0.15, -0.1) is 0 Å². The fourth-order valence-corrected chi connectivity index (χ4v) is 2.59. The molecule has 1 N–H and O–H groups in total. The molecule has 0 aliphatic heterocycles. The van der Waals surface area contributed by atoms with Crippen molar-refractivity contribution in [3.63, 3.8) is 0 Å². The van der Waals surface area contributed by atoms with Crippen LogP contribution in [0.15, 0.2) is 77.9 Å². The van der Waals surface area contributed by atoms with Crippen molar-refractivity contribution in [2.75, 3.05) is 7.11 Å². The van der Waals surface area contributed by atoms with Crippen molar-refractivity contribution >= 4 is 23.7 Å². The van der Waals surface area contributed by atoms with E-state index in [0.29, 0.717) is 22.9 Å². The molecule has 0 heterocycles. The minimum absolute atomic E-state index is 0.293. The Labute approximate surface area is 168 Å². The van der Waals surface area contributed by atoms with E-state index in [2.05, 4.69) is 10.5 Å². The van der Waals surface area contributed by atoms with Gasteiger partial charge in [-0.1, -0.05) is 29.8 Å². The summed E-state index contributed by atoms with van der Waals surface area (Å²) in [6.45, 7) is 0.394. The molecular weight excluding hydrogens is 376 g/mol. The second kappa shape index (κ2) is 9.58. The molecule has 0 aliphatic rings. The zero-order valence-electron chi connectivity index (χ0n) is 15.3. The van der Waals surface area contributed by atoms with Crippen LogP contribution >= 0.6 is 11.6 Å². The fraction of sp³-hybridized carbons (Fsp3) is 0.0909. The molecule has 6 heteroatoms. The summed E-state index contributed by atoms with van der Waals surface area (Å²) < 4.78 is 10.8. The molecule has 3 aromatic rings. The highest BCUT2D eigenvalue weighted by atomic mass is 35.5. The number of amides is 1. The summed E-state index contributed by atoms with van der Waals surface area (Å²) in [4.78, 5) is 12.0. The molecule has 28 heavy (non-hydrogen) atoms. The molecule has 3 rings (SSSR count). The minimum atomic E-state index is -0.293. The lowest BCUT2D eigenvalue weighted by molar-refractivity contribution is 0.0955. The summed E-state index contributed by atoms with van der Waals surface area (Å²) in [6, 6.07) is 21.7. The van der Waals surface area contributed by atoms with Crippen LogP contribution in [-0.2, 0) is 6.61 Å². The number of hydrogen-bond donors (Lipinski definition) is 1. The summed E-state index contributed by atoms with van der Waals surface area (Å²) in [5, 5.41) is 4.66. The third-order valence-electron chi connectivity index (χ3n) is 3.96. The Hall–Kier alpha value is -3.31. The van der Waals surface area contributed by atoms with Crippen LogP contribution in [0, 0.1) is 0 Å². The molecule has 0 aromatic heterocycles. The third kappa shape index (κ3) is 5.34. The summed E-state index contributed by atoms with van der Waals surface area (Å²) >= 11 is 6.12. The lowest BCUT2D eigenvalue weighted by atomic mass is 10.2. The lowest BCUT2D eigenvalue weighted by Gasteiger charge is -2.07. The quantitative estimate of drug-likeness (QED) is 0.467. The van der Waals surface area contributed by atoms with Gasteiger partial charge in [0.15, 0.2) is 0 Å². The van der Waals surface area contributed by atoms with E-state index in [1.165, 1.54) is 0 Å². The smallest absolute Gasteiger partial charge is 0.271 e. The number of carbonyl (C=O) groups excluding carboxylic acids is 1. The van der Waals surface area contributed by atoms with E-state index in [4.69, 9.17) is 21.1 Å². The summed E-state index contributed by atoms with van der Waals surface area (Å²) in [5.74, 6) is 1.12. The van der Waals surface area contributed by atoms with Crippen molar-refractivity contribution in [1.29, 1.82) is 0 Å². The van der Waals surface area contributed by atoms with Gasteiger partial charge >= 0.3 is 0 Å². The Morgan fingerprint density at radius 3 is 2.36 bits per heavy atom. The third-order valence-corrected chi connectivity index (χ3v) is 4.33. The van der Waals surface area contributed by atoms with Gasteiger partial charge in [0.2, 0.25) is 0 Å². The molecule has 0 unspecified atom stereocenters. The highest BCUT2D eigenvalue weighted by Gasteiger charge is 2.04. The molecule has 1 amide bonds. The number of ether oxygens (including phenoxy) is 2. The lowest BCUT2D eigenvalue weighted by Crippen LogP contribution is -2.17. The van der Waals surface area contributed by atoms with Crippen LogP contribution in [-0.4, -0.2) is 19.2 Å². The Kier molecular flexibility index (Phi) is 6.65. The number of hydrogen-bond acceptors (Lipinski definition) is 4. The molecule has 3 aromatic carbocycles. The van der Waals surface area contributed by atoms with E-state index < -0.39 is 0 Å². The maximum Gasteiger partial charge on any atom is 0.271 e. The van der Waals surface area contributed by atoms with Crippen LogP contribution in [0.1, 0.15) is 21.5 Å². The normalized spacial score (nSPS) is 10.6. The first-order valence-corrected chi connectivity index (χ1v) is 8.97. The standard InChI is InChI=1S/C22H19ClN2O3/c1-27-19-12-8-17(9-13-19)22(26)25-24-14-16-6-10-20(11-7-16)28-15-18-4-2-3-5-21(18)23/h2-14H,15H2,1H3,(H,25,26). The van der Waals surface area contributed by atoms with E-state index in [9.17, 15) is 4.79 Å². The predicted octanol–water partition coefficient (Wildman–Crippen LogP) is 4.69. The molecule has 0 radical (unpaired) electrons. The fourth-order valence-electron chi connectivity index (χ4n) is 2.40.